The molecule has 0 radical (unpaired) electrons. The highest BCUT2D eigenvalue weighted by molar-refractivity contribution is 4.66. The Bertz CT molecular complexity index is 95.3. The molecule has 0 rings (SSSR count). The van der Waals surface area contributed by atoms with Crippen molar-refractivity contribution in [3.63, 3.8) is 0 Å². The highest BCUT2D eigenvalue weighted by atomic mass is 16.3. The van der Waals surface area contributed by atoms with Crippen LogP contribution in [0.25, 0.3) is 0 Å². The molecule has 68 valence electrons. The fourth-order valence-corrected chi connectivity index (χ4v) is 1.06. The Kier molecular flexibility index (Phi) is 5.46. The topological polar surface area (TPSA) is 60.7 Å². The minimum atomic E-state index is -0.689. The van der Waals surface area contributed by atoms with Crippen molar-refractivity contribution < 1.29 is 15.3 Å². The first-order valence-corrected chi connectivity index (χ1v) is 4.08. The van der Waals surface area contributed by atoms with E-state index in [0.29, 0.717) is 12.8 Å². The van der Waals surface area contributed by atoms with E-state index in [4.69, 9.17) is 10.2 Å². The Balaban J connectivity index is 3.58. The maximum Gasteiger partial charge on any atom is 0.0774 e. The molecule has 0 aliphatic rings. The summed E-state index contributed by atoms with van der Waals surface area (Å²) in [5.41, 5.74) is 0. The Morgan fingerprint density at radius 3 is 2.18 bits per heavy atom. The molecule has 0 bridgehead atoms. The molecule has 11 heavy (non-hydrogen) atoms. The second-order valence-electron chi connectivity index (χ2n) is 3.02. The Morgan fingerprint density at radius 1 is 1.27 bits per heavy atom. The van der Waals surface area contributed by atoms with Crippen molar-refractivity contribution in [2.45, 2.75) is 38.9 Å². The molecule has 0 saturated carbocycles. The van der Waals surface area contributed by atoms with Crippen LogP contribution in [0.1, 0.15) is 26.7 Å². The van der Waals surface area contributed by atoms with E-state index in [2.05, 4.69) is 0 Å². The molecular weight excluding hydrogens is 144 g/mol. The molecule has 0 saturated heterocycles. The quantitative estimate of drug-likeness (QED) is 0.539. The number of rotatable bonds is 5. The van der Waals surface area contributed by atoms with Crippen LogP contribution in [-0.4, -0.2) is 34.1 Å². The van der Waals surface area contributed by atoms with Crippen molar-refractivity contribution in [1.29, 1.82) is 0 Å². The smallest absolute Gasteiger partial charge is 0.0774 e. The van der Waals surface area contributed by atoms with Crippen LogP contribution < -0.4 is 0 Å². The summed E-state index contributed by atoms with van der Waals surface area (Å²) in [7, 11) is 0. The van der Waals surface area contributed by atoms with E-state index >= 15 is 0 Å². The first-order chi connectivity index (χ1) is 5.11. The minimum Gasteiger partial charge on any atom is -0.394 e. The van der Waals surface area contributed by atoms with Gasteiger partial charge >= 0.3 is 0 Å². The van der Waals surface area contributed by atoms with E-state index in [1.165, 1.54) is 0 Å². The third kappa shape index (κ3) is 4.35. The summed E-state index contributed by atoms with van der Waals surface area (Å²) in [5.74, 6) is 0.0575. The van der Waals surface area contributed by atoms with Crippen LogP contribution in [-0.2, 0) is 0 Å². The zero-order valence-electron chi connectivity index (χ0n) is 7.20. The lowest BCUT2D eigenvalue weighted by atomic mass is 9.96. The van der Waals surface area contributed by atoms with E-state index in [0.717, 1.165) is 0 Å². The van der Waals surface area contributed by atoms with Crippen LogP contribution in [0.4, 0.5) is 0 Å². The fourth-order valence-electron chi connectivity index (χ4n) is 1.06. The van der Waals surface area contributed by atoms with Crippen LogP contribution in [0.15, 0.2) is 0 Å². The Hall–Kier alpha value is -0.120. The molecule has 0 heterocycles. The predicted octanol–water partition coefficient (Wildman–Crippen LogP) is 0.137. The second kappa shape index (κ2) is 5.52. The van der Waals surface area contributed by atoms with Gasteiger partial charge in [-0.2, -0.15) is 0 Å². The molecule has 3 nitrogen and oxygen atoms in total. The minimum absolute atomic E-state index is 0.0575. The predicted molar refractivity (Wildman–Crippen MR) is 43.2 cm³/mol. The van der Waals surface area contributed by atoms with E-state index in [-0.39, 0.29) is 18.6 Å². The summed E-state index contributed by atoms with van der Waals surface area (Å²) in [4.78, 5) is 0. The molecule has 3 atom stereocenters. The summed E-state index contributed by atoms with van der Waals surface area (Å²) in [6.07, 6.45) is 0.104. The summed E-state index contributed by atoms with van der Waals surface area (Å²) < 4.78 is 0. The van der Waals surface area contributed by atoms with Gasteiger partial charge in [-0.05, 0) is 18.8 Å². The molecular formula is C8H18O3. The lowest BCUT2D eigenvalue weighted by Crippen LogP contribution is -2.23. The standard InChI is InChI=1S/C8H18O3/c1-3-8(11)6(2)4-7(10)5-9/h6-11H,3-5H2,1-2H3. The van der Waals surface area contributed by atoms with Crippen LogP contribution >= 0.6 is 0 Å². The average Bonchev–Trinajstić information content (AvgIpc) is 2.02. The van der Waals surface area contributed by atoms with Crippen molar-refractivity contribution in [1.82, 2.24) is 0 Å². The van der Waals surface area contributed by atoms with Gasteiger partial charge in [0.2, 0.25) is 0 Å². The lowest BCUT2D eigenvalue weighted by Gasteiger charge is -2.19. The first kappa shape index (κ1) is 10.9. The maximum atomic E-state index is 9.28. The van der Waals surface area contributed by atoms with Gasteiger partial charge in [0.1, 0.15) is 0 Å². The molecule has 0 aromatic carbocycles. The SMILES string of the molecule is CCC(O)C(C)CC(O)CO. The van der Waals surface area contributed by atoms with E-state index in [1.54, 1.807) is 0 Å². The Labute approximate surface area is 67.7 Å². The van der Waals surface area contributed by atoms with Gasteiger partial charge in [-0.15, -0.1) is 0 Å². The van der Waals surface area contributed by atoms with E-state index in [9.17, 15) is 5.11 Å². The van der Waals surface area contributed by atoms with Gasteiger partial charge in [-0.1, -0.05) is 13.8 Å². The van der Waals surface area contributed by atoms with Crippen LogP contribution in [0.5, 0.6) is 0 Å². The van der Waals surface area contributed by atoms with Gasteiger partial charge in [0, 0.05) is 0 Å². The van der Waals surface area contributed by atoms with Crippen molar-refractivity contribution in [3.05, 3.63) is 0 Å². The molecule has 3 N–H and O–H groups in total. The second-order valence-corrected chi connectivity index (χ2v) is 3.02. The van der Waals surface area contributed by atoms with Gasteiger partial charge in [-0.25, -0.2) is 0 Å². The Morgan fingerprint density at radius 2 is 1.82 bits per heavy atom. The molecule has 0 aromatic rings. The third-order valence-electron chi connectivity index (χ3n) is 1.93. The van der Waals surface area contributed by atoms with E-state index in [1.807, 2.05) is 13.8 Å². The molecule has 0 aliphatic heterocycles. The number of aliphatic hydroxyl groups is 3. The molecule has 0 amide bonds. The van der Waals surface area contributed by atoms with Crippen LogP contribution in [0.3, 0.4) is 0 Å². The van der Waals surface area contributed by atoms with Gasteiger partial charge in [0.25, 0.3) is 0 Å². The molecule has 3 heteroatoms. The monoisotopic (exact) mass is 162 g/mol. The zero-order valence-corrected chi connectivity index (χ0v) is 7.20. The lowest BCUT2D eigenvalue weighted by molar-refractivity contribution is 0.0389. The van der Waals surface area contributed by atoms with Crippen molar-refractivity contribution in [3.8, 4) is 0 Å². The van der Waals surface area contributed by atoms with E-state index < -0.39 is 6.10 Å². The fraction of sp³-hybridized carbons (Fsp3) is 1.00. The average molecular weight is 162 g/mol. The van der Waals surface area contributed by atoms with Gasteiger partial charge in [0.05, 0.1) is 18.8 Å². The molecule has 0 fully saturated rings. The third-order valence-corrected chi connectivity index (χ3v) is 1.93. The van der Waals surface area contributed by atoms with Gasteiger partial charge < -0.3 is 15.3 Å². The summed E-state index contributed by atoms with van der Waals surface area (Å²) in [6, 6.07) is 0. The van der Waals surface area contributed by atoms with Crippen molar-refractivity contribution >= 4 is 0 Å². The van der Waals surface area contributed by atoms with Crippen molar-refractivity contribution in [2.75, 3.05) is 6.61 Å². The summed E-state index contributed by atoms with van der Waals surface area (Å²) in [6.45, 7) is 3.54. The molecule has 0 aromatic heterocycles. The maximum absolute atomic E-state index is 9.28. The molecule has 3 unspecified atom stereocenters. The largest absolute Gasteiger partial charge is 0.394 e. The van der Waals surface area contributed by atoms with Gasteiger partial charge in [0.15, 0.2) is 0 Å². The summed E-state index contributed by atoms with van der Waals surface area (Å²) >= 11 is 0. The zero-order chi connectivity index (χ0) is 8.85. The van der Waals surface area contributed by atoms with Crippen LogP contribution in [0, 0.1) is 5.92 Å². The van der Waals surface area contributed by atoms with Crippen molar-refractivity contribution in [2.24, 2.45) is 5.92 Å². The molecule has 0 spiro atoms. The molecule has 0 aliphatic carbocycles. The number of aliphatic hydroxyl groups excluding tert-OH is 3. The summed E-state index contributed by atoms with van der Waals surface area (Å²) in [5, 5.41) is 26.8. The van der Waals surface area contributed by atoms with Crippen LogP contribution in [0.2, 0.25) is 0 Å². The number of hydrogen-bond donors (Lipinski definition) is 3. The highest BCUT2D eigenvalue weighted by Gasteiger charge is 2.15. The highest BCUT2D eigenvalue weighted by Crippen LogP contribution is 2.12. The van der Waals surface area contributed by atoms with Gasteiger partial charge in [-0.3, -0.25) is 0 Å². The first-order valence-electron chi connectivity index (χ1n) is 4.08. The number of hydrogen-bond acceptors (Lipinski definition) is 3. The normalized spacial score (nSPS) is 19.4.